The highest BCUT2D eigenvalue weighted by molar-refractivity contribution is 8.23. The highest BCUT2D eigenvalue weighted by Crippen LogP contribution is 2.40. The summed E-state index contributed by atoms with van der Waals surface area (Å²) in [7, 11) is 1.55. The normalized spacial score (nSPS) is 12.3. The SMILES string of the molecule is CCOC(=S)SC(CCC(=O)c1ccc(OC)cc1)CC(F)(F)SCc1ccc(Cl)cc1. The van der Waals surface area contributed by atoms with E-state index in [0.717, 1.165) is 17.3 Å². The van der Waals surface area contributed by atoms with Gasteiger partial charge in [-0.3, -0.25) is 4.79 Å². The number of alkyl halides is 2. The molecule has 9 heteroatoms. The van der Waals surface area contributed by atoms with Gasteiger partial charge in [-0.2, -0.15) is 8.78 Å². The van der Waals surface area contributed by atoms with Crippen molar-refractivity contribution in [1.29, 1.82) is 0 Å². The van der Waals surface area contributed by atoms with Crippen molar-refractivity contribution in [2.75, 3.05) is 13.7 Å². The molecule has 0 bridgehead atoms. The van der Waals surface area contributed by atoms with E-state index in [0.29, 0.717) is 34.7 Å². The fourth-order valence-corrected chi connectivity index (χ4v) is 5.43. The molecule has 0 fully saturated rings. The van der Waals surface area contributed by atoms with Crippen molar-refractivity contribution in [2.24, 2.45) is 0 Å². The number of hydrogen-bond acceptors (Lipinski definition) is 6. The van der Waals surface area contributed by atoms with E-state index >= 15 is 0 Å². The lowest BCUT2D eigenvalue weighted by atomic mass is 10.0. The Balaban J connectivity index is 1.98. The van der Waals surface area contributed by atoms with Gasteiger partial charge >= 0.3 is 0 Å². The van der Waals surface area contributed by atoms with Crippen LogP contribution >= 0.6 is 47.3 Å². The number of halogens is 3. The predicted octanol–water partition coefficient (Wildman–Crippen LogP) is 7.65. The molecule has 2 aromatic carbocycles. The second-order valence-electron chi connectivity index (χ2n) is 6.87. The summed E-state index contributed by atoms with van der Waals surface area (Å²) in [6.07, 6.45) is -0.0183. The molecule has 2 aromatic rings. The molecule has 0 heterocycles. The van der Waals surface area contributed by atoms with Crippen LogP contribution in [0.15, 0.2) is 48.5 Å². The van der Waals surface area contributed by atoms with Crippen LogP contribution in [0.3, 0.4) is 0 Å². The van der Waals surface area contributed by atoms with Crippen molar-refractivity contribution in [2.45, 2.75) is 42.4 Å². The van der Waals surface area contributed by atoms with Crippen molar-refractivity contribution in [3.8, 4) is 5.75 Å². The summed E-state index contributed by atoms with van der Waals surface area (Å²) in [6.45, 7) is 2.15. The summed E-state index contributed by atoms with van der Waals surface area (Å²) in [5, 5.41) is -2.97. The zero-order valence-electron chi connectivity index (χ0n) is 17.8. The highest BCUT2D eigenvalue weighted by atomic mass is 35.5. The summed E-state index contributed by atoms with van der Waals surface area (Å²) in [5.41, 5.74) is 1.29. The average Bonchev–Trinajstić information content (AvgIpc) is 2.77. The smallest absolute Gasteiger partial charge is 0.295 e. The van der Waals surface area contributed by atoms with Gasteiger partial charge in [-0.25, -0.2) is 0 Å². The number of thioether (sulfide) groups is 2. The Morgan fingerprint density at radius 1 is 1.16 bits per heavy atom. The summed E-state index contributed by atoms with van der Waals surface area (Å²) >= 11 is 12.7. The number of ketones is 1. The summed E-state index contributed by atoms with van der Waals surface area (Å²) < 4.78 is 40.1. The minimum Gasteiger partial charge on any atom is -0.497 e. The predicted molar refractivity (Wildman–Crippen MR) is 134 cm³/mol. The number of carbonyl (C=O) groups excluding carboxylic acids is 1. The van der Waals surface area contributed by atoms with Gasteiger partial charge in [0.25, 0.3) is 5.25 Å². The van der Waals surface area contributed by atoms with E-state index in [1.54, 1.807) is 62.6 Å². The van der Waals surface area contributed by atoms with Crippen LogP contribution in [0.5, 0.6) is 5.75 Å². The molecule has 0 amide bonds. The number of Topliss-reactive ketones (excluding diaryl/α,β-unsaturated/α-hetero) is 1. The number of benzene rings is 2. The van der Waals surface area contributed by atoms with E-state index in [2.05, 4.69) is 0 Å². The van der Waals surface area contributed by atoms with Gasteiger partial charge in [0.2, 0.25) is 4.38 Å². The number of ether oxygens (including phenoxy) is 2. The largest absolute Gasteiger partial charge is 0.497 e. The van der Waals surface area contributed by atoms with Crippen LogP contribution in [-0.4, -0.2) is 34.4 Å². The van der Waals surface area contributed by atoms with Crippen molar-refractivity contribution in [3.63, 3.8) is 0 Å². The topological polar surface area (TPSA) is 35.5 Å². The molecule has 3 nitrogen and oxygen atoms in total. The molecule has 0 aliphatic carbocycles. The Morgan fingerprint density at radius 2 is 1.81 bits per heavy atom. The third-order valence-corrected chi connectivity index (χ3v) is 7.23. The first-order chi connectivity index (χ1) is 15.2. The Hall–Kier alpha value is -1.35. The van der Waals surface area contributed by atoms with Crippen LogP contribution in [0.4, 0.5) is 8.78 Å². The number of carbonyl (C=O) groups is 1. The van der Waals surface area contributed by atoms with Crippen LogP contribution in [-0.2, 0) is 10.5 Å². The summed E-state index contributed by atoms with van der Waals surface area (Å²) in [5.74, 6) is 0.689. The van der Waals surface area contributed by atoms with Gasteiger partial charge in [-0.15, -0.1) is 0 Å². The van der Waals surface area contributed by atoms with Gasteiger partial charge < -0.3 is 9.47 Å². The van der Waals surface area contributed by atoms with Gasteiger partial charge in [-0.05, 0) is 67.5 Å². The molecular formula is C23H25ClF2O3S3. The molecule has 1 unspecified atom stereocenters. The van der Waals surface area contributed by atoms with E-state index in [1.807, 2.05) is 0 Å². The molecule has 0 N–H and O–H groups in total. The van der Waals surface area contributed by atoms with Gasteiger partial charge in [0.05, 0.1) is 13.7 Å². The monoisotopic (exact) mass is 518 g/mol. The van der Waals surface area contributed by atoms with Crippen molar-refractivity contribution in [3.05, 3.63) is 64.7 Å². The first-order valence-corrected chi connectivity index (χ1v) is 12.6. The van der Waals surface area contributed by atoms with Gasteiger partial charge in [0, 0.05) is 34.4 Å². The maximum absolute atomic E-state index is 14.7. The molecule has 0 spiro atoms. The molecule has 0 saturated carbocycles. The third-order valence-electron chi connectivity index (χ3n) is 4.46. The first kappa shape index (κ1) is 26.9. The standard InChI is InChI=1S/C23H25ClF2O3S3/c1-3-29-22(30)32-20(12-13-21(27)17-6-10-19(28-2)11-7-17)14-23(25,26)31-15-16-4-8-18(24)9-5-16/h4-11,20H,3,12-15H2,1-2H3. The molecule has 0 aromatic heterocycles. The average molecular weight is 519 g/mol. The van der Waals surface area contributed by atoms with Crippen molar-refractivity contribution in [1.82, 2.24) is 0 Å². The minimum absolute atomic E-state index is 0.113. The van der Waals surface area contributed by atoms with Gasteiger partial charge in [0.15, 0.2) is 5.78 Å². The lowest BCUT2D eigenvalue weighted by Gasteiger charge is -2.22. The van der Waals surface area contributed by atoms with Crippen LogP contribution in [0.25, 0.3) is 0 Å². The lowest BCUT2D eigenvalue weighted by Crippen LogP contribution is -2.21. The van der Waals surface area contributed by atoms with E-state index in [4.69, 9.17) is 33.3 Å². The summed E-state index contributed by atoms with van der Waals surface area (Å²) in [4.78, 5) is 12.5. The van der Waals surface area contributed by atoms with Crippen LogP contribution < -0.4 is 4.74 Å². The Labute approximate surface area is 206 Å². The highest BCUT2D eigenvalue weighted by Gasteiger charge is 2.34. The lowest BCUT2D eigenvalue weighted by molar-refractivity contribution is 0.0902. The number of hydrogen-bond donors (Lipinski definition) is 0. The van der Waals surface area contributed by atoms with Crippen molar-refractivity contribution < 1.29 is 23.0 Å². The molecule has 0 aliphatic rings. The van der Waals surface area contributed by atoms with Crippen LogP contribution in [0.2, 0.25) is 5.02 Å². The van der Waals surface area contributed by atoms with E-state index in [9.17, 15) is 13.6 Å². The molecule has 32 heavy (non-hydrogen) atoms. The molecule has 0 aliphatic heterocycles. The fourth-order valence-electron chi connectivity index (χ4n) is 2.80. The molecule has 0 saturated heterocycles. The van der Waals surface area contributed by atoms with Gasteiger partial charge in [-0.1, -0.05) is 47.3 Å². The summed E-state index contributed by atoms with van der Waals surface area (Å²) in [6, 6.07) is 13.6. The molecule has 1 atom stereocenters. The van der Waals surface area contributed by atoms with Crippen LogP contribution in [0.1, 0.15) is 42.1 Å². The zero-order valence-corrected chi connectivity index (χ0v) is 21.0. The zero-order chi connectivity index (χ0) is 23.6. The quantitative estimate of drug-likeness (QED) is 0.212. The molecule has 174 valence electrons. The number of thiocarbonyl (C=S) groups is 1. The Morgan fingerprint density at radius 3 is 2.41 bits per heavy atom. The van der Waals surface area contributed by atoms with Crippen molar-refractivity contribution >= 4 is 57.5 Å². The Bertz CT molecular complexity index is 877. The second-order valence-corrected chi connectivity index (χ2v) is 10.4. The number of methoxy groups -OCH3 is 1. The van der Waals surface area contributed by atoms with E-state index < -0.39 is 16.9 Å². The molecular weight excluding hydrogens is 494 g/mol. The van der Waals surface area contributed by atoms with E-state index in [1.165, 1.54) is 0 Å². The van der Waals surface area contributed by atoms with Crippen LogP contribution in [0, 0.1) is 0 Å². The fraction of sp³-hybridized carbons (Fsp3) is 0.391. The second kappa shape index (κ2) is 13.4. The first-order valence-electron chi connectivity index (χ1n) is 9.99. The van der Waals surface area contributed by atoms with Gasteiger partial charge in [0.1, 0.15) is 5.75 Å². The number of rotatable bonds is 12. The van der Waals surface area contributed by atoms with E-state index in [-0.39, 0.29) is 28.8 Å². The maximum atomic E-state index is 14.7. The maximum Gasteiger partial charge on any atom is 0.295 e. The minimum atomic E-state index is -2.98. The molecule has 2 rings (SSSR count). The Kier molecular flexibility index (Phi) is 11.2. The third kappa shape index (κ3) is 9.65. The molecule has 0 radical (unpaired) electrons.